The maximum atomic E-state index is 6.32. The van der Waals surface area contributed by atoms with Crippen LogP contribution < -0.4 is 0 Å². The molecule has 0 aliphatic heterocycles. The third-order valence-corrected chi connectivity index (χ3v) is 11.7. The summed E-state index contributed by atoms with van der Waals surface area (Å²) in [6.07, 6.45) is 0. The first-order chi connectivity index (χ1) is 31.7. The third kappa shape index (κ3) is 6.87. The number of imidazole rings is 1. The lowest BCUT2D eigenvalue weighted by atomic mass is 10.0. The van der Waals surface area contributed by atoms with Gasteiger partial charge in [0.2, 0.25) is 0 Å². The van der Waals surface area contributed by atoms with E-state index in [4.69, 9.17) is 29.3 Å². The molecule has 0 unspecified atom stereocenters. The van der Waals surface area contributed by atoms with E-state index in [1.807, 2.05) is 91.0 Å². The van der Waals surface area contributed by atoms with Crippen molar-refractivity contribution in [2.75, 3.05) is 0 Å². The molecule has 4 aromatic heterocycles. The van der Waals surface area contributed by atoms with Crippen LogP contribution in [-0.2, 0) is 0 Å². The van der Waals surface area contributed by atoms with Crippen LogP contribution in [0.15, 0.2) is 223 Å². The van der Waals surface area contributed by atoms with Crippen molar-refractivity contribution in [2.24, 2.45) is 0 Å². The highest BCUT2D eigenvalue weighted by Crippen LogP contribution is 2.35. The Balaban J connectivity index is 0.872. The lowest BCUT2D eigenvalue weighted by Gasteiger charge is -2.10. The second-order valence-electron chi connectivity index (χ2n) is 15.8. The first-order valence-electron chi connectivity index (χ1n) is 21.2. The van der Waals surface area contributed by atoms with Gasteiger partial charge in [0.15, 0.2) is 17.2 Å². The number of oxazole rings is 1. The summed E-state index contributed by atoms with van der Waals surface area (Å²) in [4.78, 5) is 24.9. The number of fused-ring (bicyclic) bond motifs is 5. The van der Waals surface area contributed by atoms with Gasteiger partial charge in [-0.05, 0) is 58.7 Å². The molecule has 0 spiro atoms. The first-order valence-corrected chi connectivity index (χ1v) is 21.2. The molecule has 0 saturated heterocycles. The molecule has 0 atom stereocenters. The summed E-state index contributed by atoms with van der Waals surface area (Å²) in [5.74, 6) is 1.93. The summed E-state index contributed by atoms with van der Waals surface area (Å²) in [5.41, 5.74) is 17.5. The van der Waals surface area contributed by atoms with Crippen LogP contribution in [0, 0.1) is 0 Å². The van der Waals surface area contributed by atoms with Crippen molar-refractivity contribution in [1.29, 1.82) is 0 Å². The molecular formula is C57H36N6O. The van der Waals surface area contributed by atoms with E-state index in [2.05, 4.69) is 132 Å². The van der Waals surface area contributed by atoms with Gasteiger partial charge in [-0.1, -0.05) is 182 Å². The van der Waals surface area contributed by atoms with Crippen LogP contribution in [0.2, 0.25) is 0 Å². The maximum absolute atomic E-state index is 6.32. The van der Waals surface area contributed by atoms with Crippen LogP contribution in [0.5, 0.6) is 0 Å². The monoisotopic (exact) mass is 820 g/mol. The molecule has 0 bridgehead atoms. The van der Waals surface area contributed by atoms with Crippen LogP contribution in [0.4, 0.5) is 0 Å². The number of hydrogen-bond acceptors (Lipinski definition) is 6. The topological polar surface area (TPSA) is 82.0 Å². The van der Waals surface area contributed by atoms with Gasteiger partial charge in [-0.15, -0.1) is 0 Å². The minimum Gasteiger partial charge on any atom is -0.423 e. The van der Waals surface area contributed by atoms with Gasteiger partial charge in [0.05, 0.1) is 39.3 Å². The zero-order chi connectivity index (χ0) is 42.4. The van der Waals surface area contributed by atoms with Crippen molar-refractivity contribution in [3.63, 3.8) is 0 Å². The fraction of sp³-hybridized carbons (Fsp3) is 0. The van der Waals surface area contributed by atoms with Crippen LogP contribution in [0.25, 0.3) is 118 Å². The molecule has 0 amide bonds. The average Bonchev–Trinajstić information content (AvgIpc) is 3.93. The van der Waals surface area contributed by atoms with E-state index in [9.17, 15) is 0 Å². The molecule has 300 valence electrons. The summed E-state index contributed by atoms with van der Waals surface area (Å²) in [6, 6.07) is 74.8. The van der Waals surface area contributed by atoms with Gasteiger partial charge in [-0.25, -0.2) is 19.9 Å². The van der Waals surface area contributed by atoms with Crippen molar-refractivity contribution in [3.8, 4) is 90.1 Å². The van der Waals surface area contributed by atoms with E-state index in [-0.39, 0.29) is 0 Å². The molecule has 7 nitrogen and oxygen atoms in total. The fourth-order valence-corrected chi connectivity index (χ4v) is 8.39. The van der Waals surface area contributed by atoms with E-state index >= 15 is 0 Å². The molecule has 0 aliphatic carbocycles. The third-order valence-electron chi connectivity index (χ3n) is 11.7. The van der Waals surface area contributed by atoms with E-state index in [1.54, 1.807) is 0 Å². The van der Waals surface area contributed by atoms with E-state index in [0.717, 1.165) is 101 Å². The van der Waals surface area contributed by atoms with Crippen LogP contribution in [-0.4, -0.2) is 29.3 Å². The molecule has 12 aromatic rings. The molecule has 12 rings (SSSR count). The quantitative estimate of drug-likeness (QED) is 0.152. The lowest BCUT2D eigenvalue weighted by molar-refractivity contribution is 0.643. The smallest absolute Gasteiger partial charge is 0.307 e. The number of nitrogens with zero attached hydrogens (tertiary/aromatic N) is 6. The highest BCUT2D eigenvalue weighted by molar-refractivity contribution is 5.92. The lowest BCUT2D eigenvalue weighted by Crippen LogP contribution is -1.95. The molecule has 0 saturated carbocycles. The Morgan fingerprint density at radius 3 is 1.12 bits per heavy atom. The predicted molar refractivity (Wildman–Crippen MR) is 257 cm³/mol. The molecule has 7 heteroatoms. The van der Waals surface area contributed by atoms with E-state index < -0.39 is 0 Å². The van der Waals surface area contributed by atoms with Crippen molar-refractivity contribution in [1.82, 2.24) is 29.3 Å². The highest BCUT2D eigenvalue weighted by Gasteiger charge is 2.17. The van der Waals surface area contributed by atoms with Crippen molar-refractivity contribution < 1.29 is 4.42 Å². The Kier molecular flexibility index (Phi) is 9.01. The Morgan fingerprint density at radius 1 is 0.281 bits per heavy atom. The van der Waals surface area contributed by atoms with Gasteiger partial charge in [0.25, 0.3) is 0 Å². The summed E-state index contributed by atoms with van der Waals surface area (Å²) >= 11 is 0. The fourth-order valence-electron chi connectivity index (χ4n) is 8.39. The Labute approximate surface area is 368 Å². The van der Waals surface area contributed by atoms with Crippen molar-refractivity contribution in [2.45, 2.75) is 0 Å². The van der Waals surface area contributed by atoms with Gasteiger partial charge in [-0.3, -0.25) is 4.40 Å². The molecule has 64 heavy (non-hydrogen) atoms. The Hall–Kier alpha value is -8.81. The second-order valence-corrected chi connectivity index (χ2v) is 15.8. The minimum atomic E-state index is 0.557. The number of aromatic nitrogens is 6. The van der Waals surface area contributed by atoms with E-state index in [0.29, 0.717) is 17.5 Å². The highest BCUT2D eigenvalue weighted by atomic mass is 16.4. The number of hydrogen-bond donors (Lipinski definition) is 0. The standard InChI is InChI=1S/C57H36N6O/c1-5-13-39(14-6-1)48-35-49(40-15-7-2-8-16-40)60-56(59-48)44-27-23-38(24-28-44)45-29-31-47-52(33-45)63-53-34-46(30-32-54(53)64-57(63)62-47)37-21-25-42(26-22-37)51-36-50(41-17-9-3-10-18-41)58-55(61-51)43-19-11-4-12-20-43/h1-36H. The molecular weight excluding hydrogens is 785 g/mol. The van der Waals surface area contributed by atoms with Crippen LogP contribution in [0.1, 0.15) is 0 Å². The molecule has 0 fully saturated rings. The molecule has 0 radical (unpaired) electrons. The van der Waals surface area contributed by atoms with Crippen molar-refractivity contribution in [3.05, 3.63) is 218 Å². The zero-order valence-electron chi connectivity index (χ0n) is 34.4. The van der Waals surface area contributed by atoms with Gasteiger partial charge >= 0.3 is 5.84 Å². The molecule has 0 N–H and O–H groups in total. The average molecular weight is 821 g/mol. The zero-order valence-corrected chi connectivity index (χ0v) is 34.4. The number of rotatable bonds is 8. The number of benzene rings is 8. The predicted octanol–water partition coefficient (Wildman–Crippen LogP) is 14.1. The Bertz CT molecular complexity index is 3270. The van der Waals surface area contributed by atoms with Gasteiger partial charge < -0.3 is 4.42 Å². The minimum absolute atomic E-state index is 0.557. The normalized spacial score (nSPS) is 11.4. The maximum Gasteiger partial charge on any atom is 0.307 e. The molecule has 0 aliphatic rings. The van der Waals surface area contributed by atoms with Gasteiger partial charge in [-0.2, -0.15) is 4.98 Å². The van der Waals surface area contributed by atoms with Crippen LogP contribution >= 0.6 is 0 Å². The summed E-state index contributed by atoms with van der Waals surface area (Å²) < 4.78 is 8.43. The molecule has 8 aromatic carbocycles. The van der Waals surface area contributed by atoms with E-state index in [1.165, 1.54) is 0 Å². The van der Waals surface area contributed by atoms with Crippen molar-refractivity contribution >= 4 is 28.0 Å². The summed E-state index contributed by atoms with van der Waals surface area (Å²) in [7, 11) is 0. The largest absolute Gasteiger partial charge is 0.423 e. The molecule has 4 heterocycles. The first kappa shape index (κ1) is 37.0. The summed E-state index contributed by atoms with van der Waals surface area (Å²) in [5, 5.41) is 0. The summed E-state index contributed by atoms with van der Waals surface area (Å²) in [6.45, 7) is 0. The van der Waals surface area contributed by atoms with Gasteiger partial charge in [0.1, 0.15) is 0 Å². The SMILES string of the molecule is c1ccc(-c2cc(-c3ccc(-c4ccc5oc6nc7ccc(-c8ccc(-c9nc(-c%10ccccc%10)cc(-c%10ccccc%10)n9)cc8)cc7n6c5c4)cc3)nc(-c3ccccc3)n2)cc1. The van der Waals surface area contributed by atoms with Gasteiger partial charge in [0, 0.05) is 33.4 Å². The van der Waals surface area contributed by atoms with Crippen LogP contribution in [0.3, 0.4) is 0 Å². The Morgan fingerprint density at radius 2 is 0.641 bits per heavy atom. The second kappa shape index (κ2) is 15.6.